The molecule has 2 aromatic heterocycles. The molecule has 0 fully saturated rings. The highest BCUT2D eigenvalue weighted by atomic mass is 19.4. The van der Waals surface area contributed by atoms with Gasteiger partial charge in [-0.3, -0.25) is 9.67 Å². The molecule has 2 aromatic carbocycles. The number of carboxylic acids is 2. The molecule has 0 radical (unpaired) electrons. The van der Waals surface area contributed by atoms with Gasteiger partial charge in [0.25, 0.3) is 0 Å². The van der Waals surface area contributed by atoms with Crippen LogP contribution >= 0.6 is 0 Å². The predicted molar refractivity (Wildman–Crippen MR) is 157 cm³/mol. The standard InChI is InChI=1S/C30H30N4O2.C2HF3O2/c35-30(36)29-27-14-13-25-21-32-19-16-26(25)28(27)33-34(29)20-4-17-31-18-15-24-11-9-23(10-12-24)8-7-22-5-2-1-3-6-22;3-2(4,5)1(6)7/h1-3,5-12,16,19,21,31H,4,13-15,17-18,20H2,(H,35,36);(H,6,7). The van der Waals surface area contributed by atoms with Gasteiger partial charge in [0.2, 0.25) is 0 Å². The van der Waals surface area contributed by atoms with Crippen molar-refractivity contribution in [3.63, 3.8) is 0 Å². The summed E-state index contributed by atoms with van der Waals surface area (Å²) in [6.45, 7) is 2.26. The van der Waals surface area contributed by atoms with E-state index in [1.807, 2.05) is 30.5 Å². The first-order valence-corrected chi connectivity index (χ1v) is 13.7. The number of carboxylic acid groups (broad SMARTS) is 2. The third-order valence-corrected chi connectivity index (χ3v) is 6.86. The summed E-state index contributed by atoms with van der Waals surface area (Å²) < 4.78 is 33.4. The Kier molecular flexibility index (Phi) is 10.4. The molecular weight excluding hydrogens is 561 g/mol. The number of aromatic carboxylic acids is 1. The molecular formula is C32H31F3N4O4. The Morgan fingerprint density at radius 2 is 1.60 bits per heavy atom. The van der Waals surface area contributed by atoms with Crippen LogP contribution in [0.25, 0.3) is 23.4 Å². The van der Waals surface area contributed by atoms with Crippen molar-refractivity contribution in [2.75, 3.05) is 13.1 Å². The summed E-state index contributed by atoms with van der Waals surface area (Å²) in [6.07, 6.45) is 6.02. The van der Waals surface area contributed by atoms with E-state index in [9.17, 15) is 23.1 Å². The van der Waals surface area contributed by atoms with Gasteiger partial charge < -0.3 is 15.5 Å². The fourth-order valence-electron chi connectivity index (χ4n) is 4.73. The van der Waals surface area contributed by atoms with Gasteiger partial charge in [-0.2, -0.15) is 18.3 Å². The molecule has 224 valence electrons. The molecule has 0 bridgehead atoms. The predicted octanol–water partition coefficient (Wildman–Crippen LogP) is 5.77. The molecule has 0 amide bonds. The number of pyridine rings is 1. The van der Waals surface area contributed by atoms with Crippen molar-refractivity contribution in [2.24, 2.45) is 0 Å². The number of hydrogen-bond acceptors (Lipinski definition) is 5. The molecule has 2 heterocycles. The van der Waals surface area contributed by atoms with Crippen LogP contribution in [-0.2, 0) is 30.6 Å². The van der Waals surface area contributed by atoms with E-state index < -0.39 is 18.1 Å². The van der Waals surface area contributed by atoms with Crippen LogP contribution in [0.2, 0.25) is 0 Å². The first kappa shape index (κ1) is 31.2. The highest BCUT2D eigenvalue weighted by molar-refractivity contribution is 5.90. The second-order valence-corrected chi connectivity index (χ2v) is 9.88. The lowest BCUT2D eigenvalue weighted by Gasteiger charge is -2.14. The van der Waals surface area contributed by atoms with E-state index in [2.05, 4.69) is 58.9 Å². The number of aliphatic carboxylic acids is 1. The molecule has 4 aromatic rings. The number of nitrogens with zero attached hydrogens (tertiary/aromatic N) is 3. The van der Waals surface area contributed by atoms with Crippen molar-refractivity contribution < 1.29 is 33.0 Å². The summed E-state index contributed by atoms with van der Waals surface area (Å²) in [5.41, 5.74) is 7.78. The Morgan fingerprint density at radius 1 is 0.930 bits per heavy atom. The maximum absolute atomic E-state index is 12.0. The molecule has 43 heavy (non-hydrogen) atoms. The molecule has 1 aliphatic rings. The zero-order valence-electron chi connectivity index (χ0n) is 23.2. The first-order valence-electron chi connectivity index (χ1n) is 13.7. The molecule has 0 saturated heterocycles. The number of rotatable bonds is 10. The van der Waals surface area contributed by atoms with Crippen LogP contribution in [0.5, 0.6) is 0 Å². The molecule has 3 N–H and O–H groups in total. The van der Waals surface area contributed by atoms with Gasteiger partial charge in [0.1, 0.15) is 5.69 Å². The Hall–Kier alpha value is -4.77. The minimum Gasteiger partial charge on any atom is -0.477 e. The number of aromatic nitrogens is 3. The van der Waals surface area contributed by atoms with Gasteiger partial charge >= 0.3 is 18.1 Å². The fraction of sp³-hybridized carbons (Fsp3) is 0.250. The maximum Gasteiger partial charge on any atom is 0.490 e. The van der Waals surface area contributed by atoms with Crippen LogP contribution in [0.3, 0.4) is 0 Å². The van der Waals surface area contributed by atoms with Crippen molar-refractivity contribution in [1.29, 1.82) is 0 Å². The molecule has 0 unspecified atom stereocenters. The average molecular weight is 593 g/mol. The first-order chi connectivity index (χ1) is 20.6. The largest absolute Gasteiger partial charge is 0.490 e. The second kappa shape index (κ2) is 14.4. The van der Waals surface area contributed by atoms with Gasteiger partial charge in [-0.15, -0.1) is 0 Å². The van der Waals surface area contributed by atoms with Crippen molar-refractivity contribution in [3.8, 4) is 11.3 Å². The highest BCUT2D eigenvalue weighted by Crippen LogP contribution is 2.34. The summed E-state index contributed by atoms with van der Waals surface area (Å²) in [5, 5.41) is 25.1. The molecule has 0 spiro atoms. The van der Waals surface area contributed by atoms with Gasteiger partial charge in [0, 0.05) is 30.1 Å². The van der Waals surface area contributed by atoms with Gasteiger partial charge in [0.05, 0.1) is 5.69 Å². The van der Waals surface area contributed by atoms with Gasteiger partial charge in [-0.05, 0) is 67.1 Å². The van der Waals surface area contributed by atoms with Gasteiger partial charge in [0.15, 0.2) is 0 Å². The normalized spacial score (nSPS) is 12.3. The number of aryl methyl sites for hydroxylation is 2. The van der Waals surface area contributed by atoms with E-state index >= 15 is 0 Å². The average Bonchev–Trinajstić information content (AvgIpc) is 3.38. The van der Waals surface area contributed by atoms with Crippen LogP contribution in [0, 0.1) is 0 Å². The lowest BCUT2D eigenvalue weighted by Crippen LogP contribution is -2.21. The monoisotopic (exact) mass is 592 g/mol. The number of fused-ring (bicyclic) bond motifs is 3. The molecule has 11 heteroatoms. The number of halogens is 3. The van der Waals surface area contributed by atoms with Crippen molar-refractivity contribution >= 4 is 24.1 Å². The Balaban J connectivity index is 0.000000541. The summed E-state index contributed by atoms with van der Waals surface area (Å²) in [4.78, 5) is 25.1. The van der Waals surface area contributed by atoms with E-state index in [1.54, 1.807) is 10.9 Å². The van der Waals surface area contributed by atoms with Crippen molar-refractivity contribution in [3.05, 3.63) is 107 Å². The zero-order valence-corrected chi connectivity index (χ0v) is 23.2. The van der Waals surface area contributed by atoms with E-state index in [0.29, 0.717) is 18.7 Å². The van der Waals surface area contributed by atoms with Crippen LogP contribution in [0.1, 0.15) is 44.7 Å². The molecule has 5 rings (SSSR count). The quantitative estimate of drug-likeness (QED) is 0.158. The van der Waals surface area contributed by atoms with Crippen LogP contribution in [0.15, 0.2) is 73.1 Å². The van der Waals surface area contributed by atoms with Crippen LogP contribution < -0.4 is 5.32 Å². The molecule has 0 saturated carbocycles. The third kappa shape index (κ3) is 8.62. The molecule has 0 aliphatic heterocycles. The minimum atomic E-state index is -5.08. The lowest BCUT2D eigenvalue weighted by atomic mass is 9.90. The Morgan fingerprint density at radius 3 is 2.26 bits per heavy atom. The van der Waals surface area contributed by atoms with E-state index in [-0.39, 0.29) is 0 Å². The number of alkyl halides is 3. The summed E-state index contributed by atoms with van der Waals surface area (Å²) in [7, 11) is 0. The van der Waals surface area contributed by atoms with Crippen LogP contribution in [-0.4, -0.2) is 56.2 Å². The van der Waals surface area contributed by atoms with Crippen molar-refractivity contribution in [1.82, 2.24) is 20.1 Å². The molecule has 1 aliphatic carbocycles. The topological polar surface area (TPSA) is 117 Å². The summed E-state index contributed by atoms with van der Waals surface area (Å²) in [5.74, 6) is -3.66. The molecule has 0 atom stereocenters. The second-order valence-electron chi connectivity index (χ2n) is 9.88. The van der Waals surface area contributed by atoms with Crippen LogP contribution in [0.4, 0.5) is 13.2 Å². The van der Waals surface area contributed by atoms with Gasteiger partial charge in [-0.1, -0.05) is 66.7 Å². The van der Waals surface area contributed by atoms with E-state index in [0.717, 1.165) is 54.7 Å². The Bertz CT molecular complexity index is 1570. The number of benzene rings is 2. The number of carbonyl (C=O) groups is 2. The highest BCUT2D eigenvalue weighted by Gasteiger charge is 2.38. The number of hydrogen-bond donors (Lipinski definition) is 3. The van der Waals surface area contributed by atoms with E-state index in [1.165, 1.54) is 16.7 Å². The zero-order chi connectivity index (χ0) is 30.8. The smallest absolute Gasteiger partial charge is 0.477 e. The summed E-state index contributed by atoms with van der Waals surface area (Å²) in [6, 6.07) is 20.9. The van der Waals surface area contributed by atoms with Gasteiger partial charge in [-0.25, -0.2) is 9.59 Å². The van der Waals surface area contributed by atoms with E-state index in [4.69, 9.17) is 15.0 Å². The SMILES string of the molecule is O=C(O)C(F)(F)F.O=C(O)c1c2c(nn1CCCNCCc1ccc(C=Cc3ccccc3)cc1)-c1ccncc1CC2. The fourth-order valence-corrected chi connectivity index (χ4v) is 4.73. The Labute approximate surface area is 246 Å². The lowest BCUT2D eigenvalue weighted by molar-refractivity contribution is -0.192. The van der Waals surface area contributed by atoms with Crippen molar-refractivity contribution in [2.45, 2.75) is 38.4 Å². The molecule has 8 nitrogen and oxygen atoms in total. The maximum atomic E-state index is 12.0. The summed E-state index contributed by atoms with van der Waals surface area (Å²) >= 11 is 0. The third-order valence-electron chi connectivity index (χ3n) is 6.86. The minimum absolute atomic E-state index is 0.328. The number of nitrogens with one attached hydrogen (secondary N) is 1.